The molecule has 0 aliphatic rings. The van der Waals surface area contributed by atoms with Gasteiger partial charge in [0.05, 0.1) is 7.11 Å². The highest BCUT2D eigenvalue weighted by molar-refractivity contribution is 5.39. The fourth-order valence-electron chi connectivity index (χ4n) is 0.887. The molecule has 0 aromatic heterocycles. The SMILES string of the molecule is COc1ccc(C#CC(F)(F)F)cc1F. The smallest absolute Gasteiger partial charge is 0.458 e. The minimum atomic E-state index is -4.57. The summed E-state index contributed by atoms with van der Waals surface area (Å²) in [5.41, 5.74) is -0.0503. The van der Waals surface area contributed by atoms with Crippen LogP contribution in [0.15, 0.2) is 18.2 Å². The minimum absolute atomic E-state index is 0.0347. The summed E-state index contributed by atoms with van der Waals surface area (Å²) in [5.74, 6) is 2.07. The van der Waals surface area contributed by atoms with E-state index >= 15 is 0 Å². The molecule has 0 bridgehead atoms. The van der Waals surface area contributed by atoms with Crippen LogP contribution >= 0.6 is 0 Å². The quantitative estimate of drug-likeness (QED) is 0.520. The Kier molecular flexibility index (Phi) is 3.20. The van der Waals surface area contributed by atoms with Crippen molar-refractivity contribution in [1.82, 2.24) is 0 Å². The van der Waals surface area contributed by atoms with E-state index < -0.39 is 12.0 Å². The molecular formula is C10H6F4O. The van der Waals surface area contributed by atoms with E-state index in [9.17, 15) is 17.6 Å². The van der Waals surface area contributed by atoms with Crippen LogP contribution in [0, 0.1) is 17.7 Å². The van der Waals surface area contributed by atoms with Gasteiger partial charge in [0.2, 0.25) is 0 Å². The van der Waals surface area contributed by atoms with Crippen LogP contribution in [-0.4, -0.2) is 13.3 Å². The Labute approximate surface area is 83.7 Å². The molecule has 80 valence electrons. The number of benzene rings is 1. The van der Waals surface area contributed by atoms with Crippen molar-refractivity contribution < 1.29 is 22.3 Å². The van der Waals surface area contributed by atoms with E-state index in [1.54, 1.807) is 5.92 Å². The monoisotopic (exact) mass is 218 g/mol. The Balaban J connectivity index is 2.97. The summed E-state index contributed by atoms with van der Waals surface area (Å²) in [4.78, 5) is 0. The van der Waals surface area contributed by atoms with Crippen molar-refractivity contribution in [3.05, 3.63) is 29.6 Å². The first-order chi connectivity index (χ1) is 6.92. The van der Waals surface area contributed by atoms with Crippen LogP contribution in [0.5, 0.6) is 5.75 Å². The maximum atomic E-state index is 13.0. The predicted molar refractivity (Wildman–Crippen MR) is 45.9 cm³/mol. The van der Waals surface area contributed by atoms with Crippen LogP contribution in [0.25, 0.3) is 0 Å². The van der Waals surface area contributed by atoms with Gasteiger partial charge >= 0.3 is 6.18 Å². The lowest BCUT2D eigenvalue weighted by Crippen LogP contribution is -2.01. The van der Waals surface area contributed by atoms with Crippen LogP contribution in [0.1, 0.15) is 5.56 Å². The highest BCUT2D eigenvalue weighted by Gasteiger charge is 2.22. The molecule has 0 unspecified atom stereocenters. The number of hydrogen-bond donors (Lipinski definition) is 0. The molecule has 0 atom stereocenters. The molecule has 0 amide bonds. The van der Waals surface area contributed by atoms with Gasteiger partial charge in [-0.05, 0) is 18.2 Å². The lowest BCUT2D eigenvalue weighted by atomic mass is 10.2. The number of halogens is 4. The largest absolute Gasteiger partial charge is 0.494 e. The van der Waals surface area contributed by atoms with E-state index in [0.717, 1.165) is 12.0 Å². The predicted octanol–water partition coefficient (Wildman–Crippen LogP) is 2.75. The van der Waals surface area contributed by atoms with Gasteiger partial charge in [0.1, 0.15) is 0 Å². The fourth-order valence-corrected chi connectivity index (χ4v) is 0.887. The van der Waals surface area contributed by atoms with Gasteiger partial charge in [-0.1, -0.05) is 5.92 Å². The molecular weight excluding hydrogens is 212 g/mol. The second kappa shape index (κ2) is 4.22. The number of hydrogen-bond acceptors (Lipinski definition) is 1. The maximum absolute atomic E-state index is 13.0. The number of ether oxygens (including phenoxy) is 1. The Morgan fingerprint density at radius 3 is 2.40 bits per heavy atom. The summed E-state index contributed by atoms with van der Waals surface area (Å²) >= 11 is 0. The zero-order chi connectivity index (χ0) is 11.5. The summed E-state index contributed by atoms with van der Waals surface area (Å²) < 4.78 is 52.7. The summed E-state index contributed by atoms with van der Waals surface area (Å²) in [7, 11) is 1.26. The van der Waals surface area contributed by atoms with Crippen molar-refractivity contribution >= 4 is 0 Å². The maximum Gasteiger partial charge on any atom is 0.458 e. The topological polar surface area (TPSA) is 9.23 Å². The van der Waals surface area contributed by atoms with E-state index in [1.165, 1.54) is 19.2 Å². The fraction of sp³-hybridized carbons (Fsp3) is 0.200. The van der Waals surface area contributed by atoms with E-state index in [4.69, 9.17) is 0 Å². The van der Waals surface area contributed by atoms with Gasteiger partial charge < -0.3 is 4.74 Å². The van der Waals surface area contributed by atoms with E-state index in [1.807, 2.05) is 0 Å². The van der Waals surface area contributed by atoms with Gasteiger partial charge in [0.25, 0.3) is 0 Å². The van der Waals surface area contributed by atoms with Crippen LogP contribution in [-0.2, 0) is 0 Å². The average molecular weight is 218 g/mol. The van der Waals surface area contributed by atoms with Crippen molar-refractivity contribution in [2.45, 2.75) is 6.18 Å². The molecule has 0 aliphatic carbocycles. The van der Waals surface area contributed by atoms with E-state index in [-0.39, 0.29) is 11.3 Å². The van der Waals surface area contributed by atoms with Crippen molar-refractivity contribution in [1.29, 1.82) is 0 Å². The first kappa shape index (κ1) is 11.4. The van der Waals surface area contributed by atoms with Crippen LogP contribution in [0.3, 0.4) is 0 Å². The van der Waals surface area contributed by atoms with Crippen molar-refractivity contribution in [2.24, 2.45) is 0 Å². The Bertz CT molecular complexity index is 412. The van der Waals surface area contributed by atoms with Crippen LogP contribution in [0.4, 0.5) is 17.6 Å². The van der Waals surface area contributed by atoms with Gasteiger partial charge in [0.15, 0.2) is 11.6 Å². The van der Waals surface area contributed by atoms with E-state index in [2.05, 4.69) is 4.74 Å². The lowest BCUT2D eigenvalue weighted by molar-refractivity contribution is -0.0696. The van der Waals surface area contributed by atoms with Gasteiger partial charge in [-0.15, -0.1) is 0 Å². The number of methoxy groups -OCH3 is 1. The molecule has 15 heavy (non-hydrogen) atoms. The molecule has 1 aromatic carbocycles. The molecule has 1 nitrogen and oxygen atoms in total. The third kappa shape index (κ3) is 3.50. The molecule has 1 rings (SSSR count). The van der Waals surface area contributed by atoms with Gasteiger partial charge in [0, 0.05) is 11.5 Å². The van der Waals surface area contributed by atoms with Crippen molar-refractivity contribution in [3.63, 3.8) is 0 Å². The van der Waals surface area contributed by atoms with Crippen LogP contribution in [0.2, 0.25) is 0 Å². The number of alkyl halides is 3. The molecule has 0 saturated carbocycles. The molecule has 0 fully saturated rings. The summed E-state index contributed by atoms with van der Waals surface area (Å²) in [6.07, 6.45) is -4.57. The van der Waals surface area contributed by atoms with Crippen LogP contribution < -0.4 is 4.74 Å². The molecule has 0 N–H and O–H groups in total. The standard InChI is InChI=1S/C10H6F4O/c1-15-9-3-2-7(6-8(9)11)4-5-10(12,13)14/h2-3,6H,1H3. The van der Waals surface area contributed by atoms with Gasteiger partial charge in [-0.3, -0.25) is 0 Å². The summed E-state index contributed by atoms with van der Waals surface area (Å²) in [6, 6.07) is 3.36. The van der Waals surface area contributed by atoms with Gasteiger partial charge in [-0.25, -0.2) is 4.39 Å². The Morgan fingerprint density at radius 1 is 1.27 bits per heavy atom. The summed E-state index contributed by atoms with van der Waals surface area (Å²) in [6.45, 7) is 0. The molecule has 0 heterocycles. The zero-order valence-corrected chi connectivity index (χ0v) is 7.65. The third-order valence-corrected chi connectivity index (χ3v) is 1.50. The third-order valence-electron chi connectivity index (χ3n) is 1.50. The first-order valence-corrected chi connectivity index (χ1v) is 3.86. The average Bonchev–Trinajstić information content (AvgIpc) is 2.14. The minimum Gasteiger partial charge on any atom is -0.494 e. The highest BCUT2D eigenvalue weighted by atomic mass is 19.4. The molecule has 0 saturated heterocycles. The molecule has 1 aromatic rings. The Morgan fingerprint density at radius 2 is 1.93 bits per heavy atom. The van der Waals surface area contributed by atoms with Gasteiger partial charge in [-0.2, -0.15) is 13.2 Å². The number of rotatable bonds is 1. The molecule has 0 spiro atoms. The first-order valence-electron chi connectivity index (χ1n) is 3.86. The molecule has 0 radical (unpaired) electrons. The second-order valence-electron chi connectivity index (χ2n) is 2.60. The lowest BCUT2D eigenvalue weighted by Gasteiger charge is -2.00. The highest BCUT2D eigenvalue weighted by Crippen LogP contribution is 2.18. The normalized spacial score (nSPS) is 10.5. The summed E-state index contributed by atoms with van der Waals surface area (Å²) in [5, 5.41) is 0. The van der Waals surface area contributed by atoms with Crippen molar-refractivity contribution in [3.8, 4) is 17.6 Å². The molecule has 0 aliphatic heterocycles. The zero-order valence-electron chi connectivity index (χ0n) is 7.65. The Hall–Kier alpha value is -1.70. The molecule has 5 heteroatoms. The second-order valence-corrected chi connectivity index (χ2v) is 2.60. The van der Waals surface area contributed by atoms with Crippen molar-refractivity contribution in [2.75, 3.05) is 7.11 Å². The van der Waals surface area contributed by atoms with E-state index in [0.29, 0.717) is 0 Å².